The molecule has 3 heterocycles. The number of pyridine rings is 1. The van der Waals surface area contributed by atoms with Crippen molar-refractivity contribution in [3.05, 3.63) is 41.5 Å². The van der Waals surface area contributed by atoms with Gasteiger partial charge in [0, 0.05) is 39.0 Å². The highest BCUT2D eigenvalue weighted by Crippen LogP contribution is 2.54. The second-order valence-corrected chi connectivity index (χ2v) is 11.9. The summed E-state index contributed by atoms with van der Waals surface area (Å²) < 4.78 is 52.1. The van der Waals surface area contributed by atoms with Crippen molar-refractivity contribution in [2.24, 2.45) is 5.41 Å². The number of carbonyl (C=O) groups is 1. The Kier molecular flexibility index (Phi) is 7.69. The number of aliphatic hydroxyl groups is 1. The Morgan fingerprint density at radius 3 is 2.31 bits per heavy atom. The predicted molar refractivity (Wildman–Crippen MR) is 148 cm³/mol. The molecule has 0 atom stereocenters. The Bertz CT molecular complexity index is 1290. The monoisotopic (exact) mass is 563 g/mol. The third-order valence-electron chi connectivity index (χ3n) is 8.17. The summed E-state index contributed by atoms with van der Waals surface area (Å²) in [6, 6.07) is 8.42. The number of nitrogens with zero attached hydrogens (tertiary/aromatic N) is 4. The predicted octanol–water partition coefficient (Wildman–Crippen LogP) is 3.58. The molecular formula is C27H35F2N5O4S. The Morgan fingerprint density at radius 1 is 1.03 bits per heavy atom. The van der Waals surface area contributed by atoms with Crippen LogP contribution >= 0.6 is 0 Å². The third-order valence-corrected chi connectivity index (χ3v) is 9.00. The van der Waals surface area contributed by atoms with E-state index in [9.17, 15) is 27.1 Å². The zero-order chi connectivity index (χ0) is 27.8. The van der Waals surface area contributed by atoms with Crippen LogP contribution in [-0.2, 0) is 10.9 Å². The van der Waals surface area contributed by atoms with Gasteiger partial charge in [0.2, 0.25) is 10.9 Å². The lowest BCUT2D eigenvalue weighted by Crippen LogP contribution is -2.39. The lowest BCUT2D eigenvalue weighted by molar-refractivity contribution is -0.0221. The van der Waals surface area contributed by atoms with Gasteiger partial charge in [-0.1, -0.05) is 0 Å². The number of rotatable bonds is 8. The van der Waals surface area contributed by atoms with Gasteiger partial charge in [0.15, 0.2) is 0 Å². The number of halogens is 2. The molecule has 1 saturated carbocycles. The number of hydrogen-bond acceptors (Lipinski definition) is 7. The minimum absolute atomic E-state index is 0.0782. The Labute approximate surface area is 228 Å². The SMILES string of the molecule is Cc1cc(NC(=O)c2ccc(N(CCO)[SH](=O)=O)cc2N2CCC3(CC2)CC3)nc(N2CCC(F)(F)CC2)c1. The molecule has 3 aliphatic rings. The largest absolute Gasteiger partial charge is 0.394 e. The molecule has 1 amide bonds. The summed E-state index contributed by atoms with van der Waals surface area (Å²) in [6.07, 6.45) is 4.02. The molecule has 1 aliphatic carbocycles. The lowest BCUT2D eigenvalue weighted by Gasteiger charge is -2.35. The van der Waals surface area contributed by atoms with Crippen LogP contribution in [0.1, 0.15) is 54.4 Å². The number of aryl methyl sites for hydroxylation is 1. The van der Waals surface area contributed by atoms with E-state index < -0.39 is 22.7 Å². The van der Waals surface area contributed by atoms with E-state index in [0.717, 1.165) is 35.8 Å². The number of carbonyl (C=O) groups excluding carboxylic acids is 1. The van der Waals surface area contributed by atoms with Gasteiger partial charge >= 0.3 is 0 Å². The fraction of sp³-hybridized carbons (Fsp3) is 0.556. The molecule has 1 aromatic heterocycles. The second kappa shape index (κ2) is 10.9. The zero-order valence-electron chi connectivity index (χ0n) is 22.0. The van der Waals surface area contributed by atoms with Crippen LogP contribution in [0.5, 0.6) is 0 Å². The minimum atomic E-state index is -2.97. The van der Waals surface area contributed by atoms with Crippen LogP contribution in [-0.4, -0.2) is 69.7 Å². The van der Waals surface area contributed by atoms with Crippen LogP contribution < -0.4 is 19.4 Å². The number of benzene rings is 1. The molecule has 3 fully saturated rings. The maximum atomic E-state index is 13.7. The van der Waals surface area contributed by atoms with Gasteiger partial charge in [-0.2, -0.15) is 0 Å². The summed E-state index contributed by atoms with van der Waals surface area (Å²) in [6.45, 7) is 3.35. The lowest BCUT2D eigenvalue weighted by atomic mass is 9.93. The summed E-state index contributed by atoms with van der Waals surface area (Å²) in [4.78, 5) is 22.1. The molecule has 0 unspecified atom stereocenters. The first-order valence-electron chi connectivity index (χ1n) is 13.4. The zero-order valence-corrected chi connectivity index (χ0v) is 22.9. The number of amides is 1. The highest BCUT2D eigenvalue weighted by atomic mass is 32.2. The van der Waals surface area contributed by atoms with E-state index in [1.807, 2.05) is 17.9 Å². The van der Waals surface area contributed by atoms with Crippen LogP contribution in [0.25, 0.3) is 0 Å². The van der Waals surface area contributed by atoms with Crippen LogP contribution in [0.2, 0.25) is 0 Å². The third kappa shape index (κ3) is 6.27. The molecular weight excluding hydrogens is 528 g/mol. The van der Waals surface area contributed by atoms with Crippen molar-refractivity contribution >= 4 is 39.8 Å². The van der Waals surface area contributed by atoms with Crippen LogP contribution in [0.15, 0.2) is 30.3 Å². The summed E-state index contributed by atoms with van der Waals surface area (Å²) >= 11 is 0. The topological polar surface area (TPSA) is 106 Å². The van der Waals surface area contributed by atoms with Gasteiger partial charge in [-0.25, -0.2) is 22.2 Å². The molecule has 12 heteroatoms. The molecule has 2 N–H and O–H groups in total. The van der Waals surface area contributed by atoms with Gasteiger partial charge in [0.05, 0.1) is 30.1 Å². The molecule has 1 aromatic carbocycles. The van der Waals surface area contributed by atoms with Crippen molar-refractivity contribution in [1.29, 1.82) is 0 Å². The van der Waals surface area contributed by atoms with Gasteiger partial charge in [-0.3, -0.25) is 9.10 Å². The summed E-state index contributed by atoms with van der Waals surface area (Å²) in [5.74, 6) is -2.19. The quantitative estimate of drug-likeness (QED) is 0.422. The van der Waals surface area contributed by atoms with E-state index >= 15 is 0 Å². The Hall–Kier alpha value is -2.99. The second-order valence-electron chi connectivity index (χ2n) is 11.0. The van der Waals surface area contributed by atoms with Crippen LogP contribution in [0, 0.1) is 12.3 Å². The number of nitrogens with one attached hydrogen (secondary N) is 1. The molecule has 2 aliphatic heterocycles. The van der Waals surface area contributed by atoms with Gasteiger partial charge in [-0.15, -0.1) is 0 Å². The van der Waals surface area contributed by atoms with E-state index in [-0.39, 0.29) is 39.1 Å². The maximum Gasteiger partial charge on any atom is 0.258 e. The van der Waals surface area contributed by atoms with Crippen molar-refractivity contribution in [2.75, 3.05) is 58.8 Å². The highest BCUT2D eigenvalue weighted by molar-refractivity contribution is 7.74. The van der Waals surface area contributed by atoms with Crippen LogP contribution in [0.4, 0.5) is 31.8 Å². The molecule has 2 aromatic rings. The van der Waals surface area contributed by atoms with E-state index in [1.165, 1.54) is 12.8 Å². The van der Waals surface area contributed by atoms with Gasteiger partial charge in [0.25, 0.3) is 11.8 Å². The van der Waals surface area contributed by atoms with Gasteiger partial charge in [-0.05, 0) is 73.9 Å². The average Bonchev–Trinajstić information content (AvgIpc) is 3.65. The smallest absolute Gasteiger partial charge is 0.258 e. The molecule has 39 heavy (non-hydrogen) atoms. The molecule has 0 bridgehead atoms. The molecule has 0 radical (unpaired) electrons. The first-order chi connectivity index (χ1) is 18.6. The van der Waals surface area contributed by atoms with Gasteiger partial charge < -0.3 is 20.2 Å². The number of aliphatic hydroxyl groups excluding tert-OH is 1. The van der Waals surface area contributed by atoms with Gasteiger partial charge in [0.1, 0.15) is 11.6 Å². The number of piperidine rings is 2. The fourth-order valence-electron chi connectivity index (χ4n) is 5.55. The standard InChI is InChI=1S/C27H35F2N5O4S/c1-19-16-23(30-24(17-19)33-12-8-27(28,29)9-13-33)31-25(36)21-3-2-20(34(14-15-35)39(37)38)18-22(21)32-10-6-26(4-5-26)7-11-32/h2-3,16-18,35,39H,4-15H2,1H3,(H,30,31,36). The van der Waals surface area contributed by atoms with Crippen molar-refractivity contribution in [2.45, 2.75) is 51.4 Å². The average molecular weight is 564 g/mol. The molecule has 5 rings (SSSR count). The molecule has 212 valence electrons. The van der Waals surface area contributed by atoms with E-state index in [1.54, 1.807) is 24.3 Å². The maximum absolute atomic E-state index is 13.7. The number of aromatic nitrogens is 1. The van der Waals surface area contributed by atoms with E-state index in [2.05, 4.69) is 15.2 Å². The van der Waals surface area contributed by atoms with Crippen LogP contribution in [0.3, 0.4) is 0 Å². The number of anilines is 4. The summed E-state index contributed by atoms with van der Waals surface area (Å²) in [7, 11) is -2.97. The Morgan fingerprint density at radius 2 is 1.69 bits per heavy atom. The first kappa shape index (κ1) is 27.6. The summed E-state index contributed by atoms with van der Waals surface area (Å²) in [5, 5.41) is 12.2. The fourth-order valence-corrected chi connectivity index (χ4v) is 6.12. The summed E-state index contributed by atoms with van der Waals surface area (Å²) in [5.41, 5.74) is 2.66. The van der Waals surface area contributed by atoms with Crippen molar-refractivity contribution in [3.63, 3.8) is 0 Å². The van der Waals surface area contributed by atoms with Crippen molar-refractivity contribution < 1.29 is 27.1 Å². The van der Waals surface area contributed by atoms with E-state index in [0.29, 0.717) is 34.0 Å². The number of alkyl halides is 2. The minimum Gasteiger partial charge on any atom is -0.394 e. The molecule has 2 saturated heterocycles. The van der Waals surface area contributed by atoms with Crippen molar-refractivity contribution in [1.82, 2.24) is 4.98 Å². The number of thiol groups is 1. The number of hydrogen-bond donors (Lipinski definition) is 3. The van der Waals surface area contributed by atoms with Crippen molar-refractivity contribution in [3.8, 4) is 0 Å². The molecule has 1 spiro atoms. The molecule has 9 nitrogen and oxygen atoms in total. The normalized spacial score (nSPS) is 19.8. The van der Waals surface area contributed by atoms with E-state index in [4.69, 9.17) is 0 Å². The first-order valence-corrected chi connectivity index (χ1v) is 14.6. The Balaban J connectivity index is 1.41. The highest BCUT2D eigenvalue weighted by Gasteiger charge is 2.44.